The molecule has 0 aromatic heterocycles. The molecule has 29 heavy (non-hydrogen) atoms. The van der Waals surface area contributed by atoms with E-state index in [2.05, 4.69) is 42.2 Å². The minimum atomic E-state index is -0.201. The highest BCUT2D eigenvalue weighted by Gasteiger charge is 2.38. The third kappa shape index (κ3) is 3.83. The first-order valence-electron chi connectivity index (χ1n) is 9.72. The van der Waals surface area contributed by atoms with Crippen LogP contribution in [0.1, 0.15) is 30.4 Å². The molecule has 4 rings (SSSR count). The quantitative estimate of drug-likeness (QED) is 0.743. The Morgan fingerprint density at radius 1 is 1.17 bits per heavy atom. The van der Waals surface area contributed by atoms with Crippen LogP contribution in [0.2, 0.25) is 0 Å². The lowest BCUT2D eigenvalue weighted by Gasteiger charge is -2.42. The number of rotatable bonds is 4. The number of benzene rings is 2. The summed E-state index contributed by atoms with van der Waals surface area (Å²) in [7, 11) is 0. The number of fused-ring (bicyclic) bond motifs is 1. The number of carbonyl (C=O) groups excluding carboxylic acids is 1. The standard InChI is InChI=1S/C23H23N3O2S/c1-3-28-19-10-6-17(7-11-19)20-12-22(27)26-14-25(15-29-23(26)21(20)13-24)18-8-4-16(2)5-9-18/h4-11,20H,3,12,14-15H2,1-2H3/t20-/m0/s1. The van der Waals surface area contributed by atoms with Gasteiger partial charge in [0.05, 0.1) is 35.8 Å². The predicted octanol–water partition coefficient (Wildman–Crippen LogP) is 4.61. The number of thioether (sulfide) groups is 1. The monoisotopic (exact) mass is 405 g/mol. The maximum absolute atomic E-state index is 13.0. The van der Waals surface area contributed by atoms with E-state index in [1.807, 2.05) is 31.2 Å². The van der Waals surface area contributed by atoms with Crippen molar-refractivity contribution < 1.29 is 9.53 Å². The zero-order valence-corrected chi connectivity index (χ0v) is 17.4. The SMILES string of the molecule is CCOc1ccc([C@@H]2CC(=O)N3CN(c4ccc(C)cc4)CSC3=C2C#N)cc1. The Balaban J connectivity index is 1.61. The van der Waals surface area contributed by atoms with Gasteiger partial charge >= 0.3 is 0 Å². The summed E-state index contributed by atoms with van der Waals surface area (Å²) < 4.78 is 5.51. The highest BCUT2D eigenvalue weighted by atomic mass is 32.2. The molecular formula is C23H23N3O2S. The zero-order chi connectivity index (χ0) is 20.4. The smallest absolute Gasteiger partial charge is 0.229 e. The summed E-state index contributed by atoms with van der Waals surface area (Å²) in [5.74, 6) is 1.37. The molecule has 0 saturated carbocycles. The predicted molar refractivity (Wildman–Crippen MR) is 115 cm³/mol. The van der Waals surface area contributed by atoms with E-state index in [-0.39, 0.29) is 11.8 Å². The van der Waals surface area contributed by atoms with Gasteiger partial charge in [-0.2, -0.15) is 5.26 Å². The van der Waals surface area contributed by atoms with Crippen molar-refractivity contribution in [2.45, 2.75) is 26.2 Å². The van der Waals surface area contributed by atoms with Crippen molar-refractivity contribution in [3.63, 3.8) is 0 Å². The first-order chi connectivity index (χ1) is 14.1. The minimum absolute atomic E-state index is 0.0576. The molecule has 0 spiro atoms. The fraction of sp³-hybridized carbons (Fsp3) is 0.304. The van der Waals surface area contributed by atoms with Crippen LogP contribution in [0.4, 0.5) is 5.69 Å². The summed E-state index contributed by atoms with van der Waals surface area (Å²) in [6.07, 6.45) is 0.308. The number of hydrogen-bond acceptors (Lipinski definition) is 5. The lowest BCUT2D eigenvalue weighted by atomic mass is 9.86. The number of carbonyl (C=O) groups is 1. The van der Waals surface area contributed by atoms with Crippen LogP contribution in [0, 0.1) is 18.3 Å². The van der Waals surface area contributed by atoms with Crippen LogP contribution in [-0.4, -0.2) is 30.0 Å². The number of hydrogen-bond donors (Lipinski definition) is 0. The largest absolute Gasteiger partial charge is 0.494 e. The second-order valence-corrected chi connectivity index (χ2v) is 8.13. The lowest BCUT2D eigenvalue weighted by Crippen LogP contribution is -2.47. The first kappa shape index (κ1) is 19.4. The van der Waals surface area contributed by atoms with Gasteiger partial charge in [-0.3, -0.25) is 9.69 Å². The van der Waals surface area contributed by atoms with E-state index >= 15 is 0 Å². The number of aryl methyl sites for hydroxylation is 1. The molecular weight excluding hydrogens is 382 g/mol. The summed E-state index contributed by atoms with van der Waals surface area (Å²) in [5.41, 5.74) is 3.95. The van der Waals surface area contributed by atoms with E-state index in [1.165, 1.54) is 5.56 Å². The molecule has 0 aliphatic carbocycles. The summed E-state index contributed by atoms with van der Waals surface area (Å²) in [5, 5.41) is 10.7. The third-order valence-electron chi connectivity index (χ3n) is 5.29. The number of nitrogens with zero attached hydrogens (tertiary/aromatic N) is 3. The zero-order valence-electron chi connectivity index (χ0n) is 16.6. The van der Waals surface area contributed by atoms with Gasteiger partial charge in [0, 0.05) is 18.0 Å². The fourth-order valence-corrected chi connectivity index (χ4v) is 4.90. The van der Waals surface area contributed by atoms with E-state index in [0.717, 1.165) is 22.0 Å². The number of amides is 1. The second kappa shape index (κ2) is 8.22. The average Bonchev–Trinajstić information content (AvgIpc) is 2.75. The highest BCUT2D eigenvalue weighted by Crippen LogP contribution is 2.43. The summed E-state index contributed by atoms with van der Waals surface area (Å²) in [6.45, 7) is 5.09. The highest BCUT2D eigenvalue weighted by molar-refractivity contribution is 8.03. The molecule has 0 unspecified atom stereocenters. The molecule has 1 amide bonds. The van der Waals surface area contributed by atoms with Crippen molar-refractivity contribution >= 4 is 23.4 Å². The van der Waals surface area contributed by atoms with Crippen molar-refractivity contribution in [1.29, 1.82) is 5.26 Å². The molecule has 1 atom stereocenters. The van der Waals surface area contributed by atoms with Gasteiger partial charge in [0.1, 0.15) is 5.75 Å². The molecule has 5 nitrogen and oxygen atoms in total. The Morgan fingerprint density at radius 3 is 2.55 bits per heavy atom. The molecule has 2 aromatic rings. The Morgan fingerprint density at radius 2 is 1.90 bits per heavy atom. The van der Waals surface area contributed by atoms with E-state index in [0.29, 0.717) is 31.1 Å². The van der Waals surface area contributed by atoms with Gasteiger partial charge in [-0.1, -0.05) is 41.6 Å². The Kier molecular flexibility index (Phi) is 5.50. The van der Waals surface area contributed by atoms with Crippen molar-refractivity contribution in [1.82, 2.24) is 4.90 Å². The maximum atomic E-state index is 13.0. The van der Waals surface area contributed by atoms with Crippen molar-refractivity contribution in [2.75, 3.05) is 24.1 Å². The number of nitriles is 1. The van der Waals surface area contributed by atoms with Gasteiger partial charge in [0.25, 0.3) is 0 Å². The summed E-state index contributed by atoms with van der Waals surface area (Å²) >= 11 is 1.56. The summed E-state index contributed by atoms with van der Waals surface area (Å²) in [6, 6.07) is 18.4. The Labute approximate surface area is 175 Å². The van der Waals surface area contributed by atoms with E-state index < -0.39 is 0 Å². The van der Waals surface area contributed by atoms with Crippen LogP contribution in [0.5, 0.6) is 5.75 Å². The third-order valence-corrected chi connectivity index (χ3v) is 6.44. The van der Waals surface area contributed by atoms with Gasteiger partial charge in [0.2, 0.25) is 5.91 Å². The van der Waals surface area contributed by atoms with Crippen LogP contribution in [0.25, 0.3) is 0 Å². The molecule has 1 saturated heterocycles. The molecule has 2 heterocycles. The molecule has 2 aliphatic heterocycles. The van der Waals surface area contributed by atoms with Gasteiger partial charge in [-0.05, 0) is 43.7 Å². The van der Waals surface area contributed by atoms with Crippen molar-refractivity contribution in [2.24, 2.45) is 0 Å². The van der Waals surface area contributed by atoms with Gasteiger partial charge in [-0.25, -0.2) is 0 Å². The first-order valence-corrected chi connectivity index (χ1v) is 10.7. The number of anilines is 1. The van der Waals surface area contributed by atoms with E-state index in [4.69, 9.17) is 4.74 Å². The molecule has 0 bridgehead atoms. The van der Waals surface area contributed by atoms with Crippen LogP contribution >= 0.6 is 11.8 Å². The number of ether oxygens (including phenoxy) is 1. The van der Waals surface area contributed by atoms with Gasteiger partial charge in [0.15, 0.2) is 0 Å². The normalized spacial score (nSPS) is 19.1. The van der Waals surface area contributed by atoms with E-state index in [9.17, 15) is 10.1 Å². The molecule has 2 aromatic carbocycles. The minimum Gasteiger partial charge on any atom is -0.494 e. The maximum Gasteiger partial charge on any atom is 0.229 e. The molecule has 6 heteroatoms. The molecule has 148 valence electrons. The molecule has 2 aliphatic rings. The molecule has 1 fully saturated rings. The number of allylic oxidation sites excluding steroid dienone is 1. The van der Waals surface area contributed by atoms with Crippen LogP contribution in [0.3, 0.4) is 0 Å². The topological polar surface area (TPSA) is 56.6 Å². The van der Waals surface area contributed by atoms with E-state index in [1.54, 1.807) is 16.7 Å². The average molecular weight is 406 g/mol. The lowest BCUT2D eigenvalue weighted by molar-refractivity contribution is -0.129. The Bertz CT molecular complexity index is 977. The van der Waals surface area contributed by atoms with Gasteiger partial charge < -0.3 is 9.64 Å². The van der Waals surface area contributed by atoms with Crippen molar-refractivity contribution in [3.05, 3.63) is 70.3 Å². The Hall–Kier alpha value is -2.91. The molecule has 0 N–H and O–H groups in total. The van der Waals surface area contributed by atoms with Gasteiger partial charge in [-0.15, -0.1) is 0 Å². The second-order valence-electron chi connectivity index (χ2n) is 7.20. The molecule has 0 radical (unpaired) electrons. The van der Waals surface area contributed by atoms with Crippen LogP contribution < -0.4 is 9.64 Å². The van der Waals surface area contributed by atoms with Crippen molar-refractivity contribution in [3.8, 4) is 11.8 Å². The van der Waals surface area contributed by atoms with Crippen LogP contribution in [-0.2, 0) is 4.79 Å². The summed E-state index contributed by atoms with van der Waals surface area (Å²) in [4.78, 5) is 16.9. The van der Waals surface area contributed by atoms with Crippen LogP contribution in [0.15, 0.2) is 59.1 Å². The fourth-order valence-electron chi connectivity index (χ4n) is 3.73.